The smallest absolute Gasteiger partial charge is 0.408 e. The molecule has 1 amide bonds. The first-order valence-corrected chi connectivity index (χ1v) is 10.2. The summed E-state index contributed by atoms with van der Waals surface area (Å²) in [4.78, 5) is 32.0. The van der Waals surface area contributed by atoms with Crippen molar-refractivity contribution in [3.63, 3.8) is 0 Å². The highest BCUT2D eigenvalue weighted by molar-refractivity contribution is 6.35. The summed E-state index contributed by atoms with van der Waals surface area (Å²) in [6.45, 7) is 9.29. The second-order valence-corrected chi connectivity index (χ2v) is 8.69. The number of carboxylic acid groups (broad SMARTS) is 1. The highest BCUT2D eigenvalue weighted by Crippen LogP contribution is 2.32. The molecule has 0 aliphatic heterocycles. The topological polar surface area (TPSA) is 75.4 Å². The molecule has 1 unspecified atom stereocenters. The van der Waals surface area contributed by atoms with E-state index in [0.29, 0.717) is 33.9 Å². The minimum absolute atomic E-state index is 0.312. The first-order chi connectivity index (χ1) is 14.1. The van der Waals surface area contributed by atoms with Crippen molar-refractivity contribution >= 4 is 28.6 Å². The summed E-state index contributed by atoms with van der Waals surface area (Å²) >= 11 is 6.36. The van der Waals surface area contributed by atoms with Gasteiger partial charge in [-0.05, 0) is 57.9 Å². The Morgan fingerprint density at radius 3 is 2.43 bits per heavy atom. The van der Waals surface area contributed by atoms with Crippen LogP contribution in [0.25, 0.3) is 16.6 Å². The van der Waals surface area contributed by atoms with Gasteiger partial charge in [0.2, 0.25) is 0 Å². The van der Waals surface area contributed by atoms with Crippen LogP contribution in [0.2, 0.25) is 5.02 Å². The zero-order valence-corrected chi connectivity index (χ0v) is 18.6. The molecule has 1 heterocycles. The molecular weight excluding hydrogens is 402 g/mol. The normalized spacial score (nSPS) is 12.7. The van der Waals surface area contributed by atoms with E-state index in [2.05, 4.69) is 0 Å². The van der Waals surface area contributed by atoms with E-state index >= 15 is 0 Å². The van der Waals surface area contributed by atoms with E-state index < -0.39 is 17.7 Å². The van der Waals surface area contributed by atoms with E-state index in [0.717, 1.165) is 5.56 Å². The predicted octanol–water partition coefficient (Wildman–Crippen LogP) is 5.58. The summed E-state index contributed by atoms with van der Waals surface area (Å²) in [7, 11) is 0. The van der Waals surface area contributed by atoms with Gasteiger partial charge in [0.25, 0.3) is 5.56 Å². The van der Waals surface area contributed by atoms with Crippen molar-refractivity contribution in [2.24, 2.45) is 0 Å². The summed E-state index contributed by atoms with van der Waals surface area (Å²) in [5, 5.41) is 10.6. The van der Waals surface area contributed by atoms with E-state index in [4.69, 9.17) is 16.6 Å². The number of carbonyl (C=O) groups is 1. The third kappa shape index (κ3) is 3.79. The third-order valence-electron chi connectivity index (χ3n) is 5.15. The first kappa shape index (κ1) is 21.8. The van der Waals surface area contributed by atoms with Crippen molar-refractivity contribution in [1.29, 1.82) is 0 Å². The van der Waals surface area contributed by atoms with Crippen LogP contribution in [0.5, 0.6) is 0 Å². The molecule has 0 radical (unpaired) electrons. The van der Waals surface area contributed by atoms with Gasteiger partial charge in [-0.2, -0.15) is 0 Å². The molecule has 1 atom stereocenters. The number of para-hydroxylation sites is 1. The molecule has 0 aliphatic rings. The van der Waals surface area contributed by atoms with Crippen molar-refractivity contribution < 1.29 is 9.90 Å². The minimum Gasteiger partial charge on any atom is -0.465 e. The Morgan fingerprint density at radius 1 is 1.20 bits per heavy atom. The SMILES string of the molecule is CCC(c1nc2cccc(Cl)c2c(=O)n1-c1ccccc1C)N(C(=O)O)C(C)(C)C. The molecule has 2 aromatic carbocycles. The lowest BCUT2D eigenvalue weighted by Gasteiger charge is -2.39. The fourth-order valence-electron chi connectivity index (χ4n) is 3.85. The number of amides is 1. The standard InChI is InChI=1S/C23H26ClN3O3/c1-6-17(27(22(29)30)23(3,4)5)20-25-16-12-9-11-15(24)19(16)21(28)26(20)18-13-8-7-10-14(18)2/h7-13,17H,6H2,1-5H3,(H,29,30). The third-order valence-corrected chi connectivity index (χ3v) is 5.47. The number of aromatic nitrogens is 2. The van der Waals surface area contributed by atoms with Crippen molar-refractivity contribution in [1.82, 2.24) is 14.5 Å². The van der Waals surface area contributed by atoms with Gasteiger partial charge < -0.3 is 5.11 Å². The molecule has 0 bridgehead atoms. The number of fused-ring (bicyclic) bond motifs is 1. The molecule has 1 aromatic heterocycles. The highest BCUT2D eigenvalue weighted by atomic mass is 35.5. The van der Waals surface area contributed by atoms with Crippen molar-refractivity contribution in [2.75, 3.05) is 0 Å². The van der Waals surface area contributed by atoms with Gasteiger partial charge in [0.1, 0.15) is 5.82 Å². The lowest BCUT2D eigenvalue weighted by molar-refractivity contribution is 0.0646. The summed E-state index contributed by atoms with van der Waals surface area (Å²) < 4.78 is 1.51. The molecule has 0 saturated carbocycles. The van der Waals surface area contributed by atoms with Gasteiger partial charge in [-0.15, -0.1) is 0 Å². The highest BCUT2D eigenvalue weighted by Gasteiger charge is 2.36. The maximum absolute atomic E-state index is 13.7. The Morgan fingerprint density at radius 2 is 1.87 bits per heavy atom. The van der Waals surface area contributed by atoms with Crippen molar-refractivity contribution in [3.05, 3.63) is 69.2 Å². The number of nitrogens with zero attached hydrogens (tertiary/aromatic N) is 3. The number of rotatable bonds is 4. The first-order valence-electron chi connectivity index (χ1n) is 9.87. The van der Waals surface area contributed by atoms with Gasteiger partial charge in [0.05, 0.1) is 27.7 Å². The van der Waals surface area contributed by atoms with Gasteiger partial charge in [-0.3, -0.25) is 14.3 Å². The summed E-state index contributed by atoms with van der Waals surface area (Å²) in [5.41, 5.74) is 0.980. The molecule has 1 N–H and O–H groups in total. The van der Waals surface area contributed by atoms with Crippen molar-refractivity contribution in [3.8, 4) is 5.69 Å². The maximum atomic E-state index is 13.7. The Kier molecular flexibility index (Phi) is 5.90. The van der Waals surface area contributed by atoms with Gasteiger partial charge in [0.15, 0.2) is 0 Å². The Bertz CT molecular complexity index is 1160. The molecule has 158 valence electrons. The van der Waals surface area contributed by atoms with E-state index in [9.17, 15) is 14.7 Å². The molecule has 30 heavy (non-hydrogen) atoms. The molecule has 3 aromatic rings. The van der Waals surface area contributed by atoms with Gasteiger partial charge in [-0.25, -0.2) is 9.78 Å². The fraction of sp³-hybridized carbons (Fsp3) is 0.348. The van der Waals surface area contributed by atoms with Gasteiger partial charge >= 0.3 is 6.09 Å². The largest absolute Gasteiger partial charge is 0.465 e. The van der Waals surface area contributed by atoms with Crippen LogP contribution in [-0.4, -0.2) is 31.2 Å². The van der Waals surface area contributed by atoms with Gasteiger partial charge in [-0.1, -0.05) is 42.8 Å². The predicted molar refractivity (Wildman–Crippen MR) is 120 cm³/mol. The van der Waals surface area contributed by atoms with E-state index in [-0.39, 0.29) is 5.56 Å². The lowest BCUT2D eigenvalue weighted by Crippen LogP contribution is -2.48. The number of hydrogen-bond acceptors (Lipinski definition) is 3. The van der Waals surface area contributed by atoms with Crippen LogP contribution in [-0.2, 0) is 0 Å². The molecule has 3 rings (SSSR count). The molecule has 7 heteroatoms. The molecule has 0 aliphatic carbocycles. The minimum atomic E-state index is -1.06. The van der Waals surface area contributed by atoms with Crippen LogP contribution in [0.15, 0.2) is 47.3 Å². The second kappa shape index (κ2) is 8.11. The Labute approximate surface area is 180 Å². The van der Waals surface area contributed by atoms with E-state index in [1.165, 1.54) is 9.47 Å². The molecular formula is C23H26ClN3O3. The van der Waals surface area contributed by atoms with Crippen LogP contribution in [0.3, 0.4) is 0 Å². The maximum Gasteiger partial charge on any atom is 0.408 e. The average molecular weight is 428 g/mol. The van der Waals surface area contributed by atoms with Crippen molar-refractivity contribution in [2.45, 2.75) is 52.6 Å². The van der Waals surface area contributed by atoms with Crippen LogP contribution < -0.4 is 5.56 Å². The summed E-state index contributed by atoms with van der Waals surface area (Å²) in [5.74, 6) is 0.379. The number of benzene rings is 2. The fourth-order valence-corrected chi connectivity index (χ4v) is 4.10. The zero-order valence-electron chi connectivity index (χ0n) is 17.8. The molecule has 0 saturated heterocycles. The second-order valence-electron chi connectivity index (χ2n) is 8.28. The quantitative estimate of drug-likeness (QED) is 0.589. The zero-order chi connectivity index (χ0) is 22.2. The molecule has 0 fully saturated rings. The van der Waals surface area contributed by atoms with Crippen LogP contribution in [0, 0.1) is 6.92 Å². The van der Waals surface area contributed by atoms with E-state index in [1.807, 2.05) is 58.9 Å². The van der Waals surface area contributed by atoms with Crippen LogP contribution >= 0.6 is 11.6 Å². The lowest BCUT2D eigenvalue weighted by atomic mass is 10.0. The molecule has 0 spiro atoms. The van der Waals surface area contributed by atoms with Gasteiger partial charge in [0, 0.05) is 5.54 Å². The van der Waals surface area contributed by atoms with Crippen LogP contribution in [0.4, 0.5) is 4.79 Å². The monoisotopic (exact) mass is 427 g/mol. The number of halogens is 1. The number of aryl methyl sites for hydroxylation is 1. The Balaban J connectivity index is 2.46. The molecule has 6 nitrogen and oxygen atoms in total. The summed E-state index contributed by atoms with van der Waals surface area (Å²) in [6, 6.07) is 12.0. The van der Waals surface area contributed by atoms with E-state index in [1.54, 1.807) is 18.2 Å². The average Bonchev–Trinajstić information content (AvgIpc) is 2.65. The Hall–Kier alpha value is -2.86. The summed E-state index contributed by atoms with van der Waals surface area (Å²) in [6.07, 6.45) is -0.611. The van der Waals surface area contributed by atoms with Crippen LogP contribution in [0.1, 0.15) is 51.5 Å². The number of hydrogen-bond donors (Lipinski definition) is 1.